The molecule has 238 valence electrons. The Morgan fingerprint density at radius 1 is 1.00 bits per heavy atom. The number of hydrogen-bond donors (Lipinski definition) is 7. The summed E-state index contributed by atoms with van der Waals surface area (Å²) in [5.41, 5.74) is -3.47. The van der Waals surface area contributed by atoms with Gasteiger partial charge in [0, 0.05) is 29.6 Å². The topological polar surface area (TPSA) is 168 Å². The molecule has 3 saturated carbocycles. The molecular formula is C34H48O9. The van der Waals surface area contributed by atoms with Crippen molar-refractivity contribution in [3.63, 3.8) is 0 Å². The first-order valence-electron chi connectivity index (χ1n) is 15.8. The van der Waals surface area contributed by atoms with E-state index in [2.05, 4.69) is 0 Å². The van der Waals surface area contributed by atoms with Gasteiger partial charge in [-0.25, -0.2) is 0 Å². The second-order valence-electron chi connectivity index (χ2n) is 15.5. The van der Waals surface area contributed by atoms with Crippen LogP contribution >= 0.6 is 0 Å². The number of fused-ring (bicyclic) bond motifs is 7. The summed E-state index contributed by atoms with van der Waals surface area (Å²) in [6.45, 7) is 11.6. The lowest BCUT2D eigenvalue weighted by molar-refractivity contribution is -0.177. The summed E-state index contributed by atoms with van der Waals surface area (Å²) in [6.07, 6.45) is -1.60. The van der Waals surface area contributed by atoms with Gasteiger partial charge in [-0.05, 0) is 78.7 Å². The first-order valence-corrected chi connectivity index (χ1v) is 15.8. The number of ether oxygens (including phenoxy) is 1. The minimum absolute atomic E-state index is 0.107. The monoisotopic (exact) mass is 600 g/mol. The van der Waals surface area contributed by atoms with Gasteiger partial charge in [-0.15, -0.1) is 0 Å². The molecule has 43 heavy (non-hydrogen) atoms. The Morgan fingerprint density at radius 2 is 1.67 bits per heavy atom. The van der Waals surface area contributed by atoms with Gasteiger partial charge < -0.3 is 40.5 Å². The van der Waals surface area contributed by atoms with Gasteiger partial charge in [0.2, 0.25) is 0 Å². The van der Waals surface area contributed by atoms with E-state index in [1.807, 2.05) is 34.6 Å². The molecule has 6 rings (SSSR count). The second kappa shape index (κ2) is 9.74. The molecule has 4 fully saturated rings. The molecule has 1 aromatic rings. The number of carbonyl (C=O) groups excluding carboxylic acids is 1. The number of phenolic OH excluding ortho intramolecular Hbond substituents is 2. The summed E-state index contributed by atoms with van der Waals surface area (Å²) in [7, 11) is 0. The molecule has 1 aromatic carbocycles. The number of hydrogen-bond acceptors (Lipinski definition) is 9. The highest BCUT2D eigenvalue weighted by Gasteiger charge is 2.75. The molecule has 14 atom stereocenters. The Kier molecular flexibility index (Phi) is 7.02. The Hall–Kier alpha value is -2.01. The van der Waals surface area contributed by atoms with Crippen LogP contribution in [0.5, 0.6) is 11.5 Å². The van der Waals surface area contributed by atoms with E-state index in [4.69, 9.17) is 4.74 Å². The molecule has 9 heteroatoms. The lowest BCUT2D eigenvalue weighted by Crippen LogP contribution is -2.64. The van der Waals surface area contributed by atoms with Crippen LogP contribution in [0.2, 0.25) is 0 Å². The smallest absolute Gasteiger partial charge is 0.160 e. The zero-order valence-corrected chi connectivity index (χ0v) is 25.9. The third kappa shape index (κ3) is 4.01. The number of benzene rings is 1. The van der Waals surface area contributed by atoms with Crippen LogP contribution < -0.4 is 0 Å². The molecule has 1 heterocycles. The molecule has 0 spiro atoms. The van der Waals surface area contributed by atoms with E-state index in [9.17, 15) is 40.5 Å². The van der Waals surface area contributed by atoms with Crippen molar-refractivity contribution in [3.05, 3.63) is 35.4 Å². The maximum absolute atomic E-state index is 14.2. The van der Waals surface area contributed by atoms with Crippen molar-refractivity contribution in [1.82, 2.24) is 0 Å². The molecule has 9 nitrogen and oxygen atoms in total. The number of aromatic hydroxyl groups is 2. The third-order valence-corrected chi connectivity index (χ3v) is 13.0. The van der Waals surface area contributed by atoms with Gasteiger partial charge in [-0.1, -0.05) is 40.7 Å². The fourth-order valence-corrected chi connectivity index (χ4v) is 10.4. The van der Waals surface area contributed by atoms with Gasteiger partial charge in [0.05, 0.1) is 35.6 Å². The summed E-state index contributed by atoms with van der Waals surface area (Å²) in [4.78, 5) is 14.2. The summed E-state index contributed by atoms with van der Waals surface area (Å²) in [5, 5.41) is 78.4. The van der Waals surface area contributed by atoms with Crippen molar-refractivity contribution >= 4 is 5.78 Å². The van der Waals surface area contributed by atoms with Gasteiger partial charge in [-0.2, -0.15) is 0 Å². The van der Waals surface area contributed by atoms with E-state index in [0.717, 1.165) is 0 Å². The lowest BCUT2D eigenvalue weighted by atomic mass is 9.44. The van der Waals surface area contributed by atoms with Crippen molar-refractivity contribution < 1.29 is 45.3 Å². The fraction of sp³-hybridized carbons (Fsp3) is 0.735. The number of carbonyl (C=O) groups is 1. The van der Waals surface area contributed by atoms with Gasteiger partial charge in [0.25, 0.3) is 0 Å². The average molecular weight is 601 g/mol. The Balaban J connectivity index is 1.40. The summed E-state index contributed by atoms with van der Waals surface area (Å²) >= 11 is 0. The maximum atomic E-state index is 14.2. The number of allylic oxidation sites excluding steroid dienone is 1. The molecule has 0 aromatic heterocycles. The summed E-state index contributed by atoms with van der Waals surface area (Å²) in [6, 6.07) is 4.21. The predicted octanol–water partition coefficient (Wildman–Crippen LogP) is 2.78. The molecule has 0 unspecified atom stereocenters. The third-order valence-electron chi connectivity index (χ3n) is 13.0. The molecule has 1 saturated heterocycles. The van der Waals surface area contributed by atoms with Crippen LogP contribution in [0, 0.1) is 40.4 Å². The van der Waals surface area contributed by atoms with Crippen molar-refractivity contribution in [1.29, 1.82) is 0 Å². The average Bonchev–Trinajstić information content (AvgIpc) is 3.32. The Labute approximate surface area is 253 Å². The summed E-state index contributed by atoms with van der Waals surface area (Å²) < 4.78 is 6.43. The van der Waals surface area contributed by atoms with Gasteiger partial charge in [-0.3, -0.25) is 4.79 Å². The number of phenols is 2. The number of aliphatic hydroxyl groups excluding tert-OH is 3. The van der Waals surface area contributed by atoms with E-state index >= 15 is 0 Å². The van der Waals surface area contributed by atoms with Crippen molar-refractivity contribution in [2.24, 2.45) is 40.4 Å². The number of aliphatic hydroxyl groups is 5. The minimum Gasteiger partial charge on any atom is -0.504 e. The van der Waals surface area contributed by atoms with Crippen LogP contribution in [0.15, 0.2) is 29.8 Å². The second-order valence-corrected chi connectivity index (χ2v) is 15.5. The largest absolute Gasteiger partial charge is 0.504 e. The fourth-order valence-electron chi connectivity index (χ4n) is 10.4. The Morgan fingerprint density at radius 3 is 2.30 bits per heavy atom. The van der Waals surface area contributed by atoms with E-state index in [1.54, 1.807) is 13.0 Å². The van der Waals surface area contributed by atoms with E-state index in [1.165, 1.54) is 18.2 Å². The van der Waals surface area contributed by atoms with Crippen LogP contribution in [0.1, 0.15) is 78.7 Å². The predicted molar refractivity (Wildman–Crippen MR) is 157 cm³/mol. The highest BCUT2D eigenvalue weighted by Crippen LogP contribution is 2.71. The maximum Gasteiger partial charge on any atom is 0.160 e. The first kappa shape index (κ1) is 31.0. The molecule has 4 aliphatic carbocycles. The highest BCUT2D eigenvalue weighted by atomic mass is 16.5. The molecule has 1 aliphatic heterocycles. The minimum atomic E-state index is -1.45. The molecule has 0 bridgehead atoms. The number of ketones is 1. The van der Waals surface area contributed by atoms with Crippen LogP contribution in [-0.4, -0.2) is 83.3 Å². The van der Waals surface area contributed by atoms with Gasteiger partial charge in [0.1, 0.15) is 6.10 Å². The zero-order chi connectivity index (χ0) is 31.6. The van der Waals surface area contributed by atoms with E-state index in [0.29, 0.717) is 24.0 Å². The van der Waals surface area contributed by atoms with Crippen LogP contribution in [0.25, 0.3) is 0 Å². The molecule has 7 N–H and O–H groups in total. The molecule has 0 amide bonds. The zero-order valence-electron chi connectivity index (χ0n) is 25.9. The molecule has 0 radical (unpaired) electrons. The van der Waals surface area contributed by atoms with Crippen LogP contribution in [0.3, 0.4) is 0 Å². The van der Waals surface area contributed by atoms with Crippen molar-refractivity contribution in [2.45, 2.75) is 115 Å². The first-order chi connectivity index (χ1) is 19.9. The quantitative estimate of drug-likeness (QED) is 0.257. The number of rotatable bonds is 4. The van der Waals surface area contributed by atoms with Crippen molar-refractivity contribution in [2.75, 3.05) is 0 Å². The van der Waals surface area contributed by atoms with Crippen LogP contribution in [-0.2, 0) is 9.53 Å². The summed E-state index contributed by atoms with van der Waals surface area (Å²) in [5.74, 6) is -3.19. The highest BCUT2D eigenvalue weighted by molar-refractivity contribution is 5.96. The van der Waals surface area contributed by atoms with E-state index < -0.39 is 70.3 Å². The molecule has 5 aliphatic rings. The van der Waals surface area contributed by atoms with Gasteiger partial charge in [0.15, 0.2) is 17.3 Å². The lowest BCUT2D eigenvalue weighted by Gasteiger charge is -2.61. The Bertz CT molecular complexity index is 1340. The standard InChI is InChI=1S/C34H48O9/c1-15(2)16(3)27(39)30-33(6,41)29-24(43-30)14-34(42)19-12-22(37)26-25(17-7-8-20(35)21(36)11-17)28(40)23(38)13-31(26,4)18(19)9-10-32(29,34)5/h7-8,11-12,15-16,18,23-30,35-36,38-42H,9-10,13-14H2,1-6H3/t16-,18-,23-,24-,25-,26+,27-,28-,29-,30-,31+,32+,33+,34+/m0/s1. The van der Waals surface area contributed by atoms with Gasteiger partial charge >= 0.3 is 0 Å². The SMILES string of the molecule is CC(C)[C@H](C)[C@H](O)[C@@H]1O[C@H]2C[C@@]3(O)C4=CC(=O)[C@@H]5[C@H](c6ccc(O)c(O)c6)[C@@H](O)[C@@H](O)C[C@]5(C)[C@H]4CC[C@]3(C)[C@H]2[C@@]1(C)O. The van der Waals surface area contributed by atoms with Crippen LogP contribution in [0.4, 0.5) is 0 Å². The normalized spacial score (nSPS) is 48.7. The van der Waals surface area contributed by atoms with Crippen molar-refractivity contribution in [3.8, 4) is 11.5 Å². The molecular weight excluding hydrogens is 552 g/mol. The van der Waals surface area contributed by atoms with E-state index in [-0.39, 0.29) is 47.9 Å².